The molecular weight excluding hydrogens is 512 g/mol. The van der Waals surface area contributed by atoms with Crippen LogP contribution in [-0.4, -0.2) is 70.3 Å². The molecule has 0 bridgehead atoms. The first kappa shape index (κ1) is 25.6. The number of nitrogens with two attached hydrogens (primary N) is 1. The highest BCUT2D eigenvalue weighted by molar-refractivity contribution is 8.15. The SMILES string of the molecule is NC(=O)C1SC(CCc2ccc(Cl)cc2)=NN1[C@@H]1CC(=O)N(c2ccc(CN3CCNC(=O)C3)cc2)C1. The van der Waals surface area contributed by atoms with Crippen LogP contribution in [0.4, 0.5) is 5.69 Å². The zero-order valence-electron chi connectivity index (χ0n) is 20.3. The van der Waals surface area contributed by atoms with Crippen LogP contribution in [0.25, 0.3) is 0 Å². The predicted octanol–water partition coefficient (Wildman–Crippen LogP) is 2.18. The number of halogens is 1. The van der Waals surface area contributed by atoms with Gasteiger partial charge in [0.25, 0.3) is 5.91 Å². The third-order valence-electron chi connectivity index (χ3n) is 6.75. The summed E-state index contributed by atoms with van der Waals surface area (Å²) >= 11 is 7.34. The third kappa shape index (κ3) is 6.08. The molecule has 5 rings (SSSR count). The van der Waals surface area contributed by atoms with Gasteiger partial charge in [0, 0.05) is 43.3 Å². The largest absolute Gasteiger partial charge is 0.367 e. The number of rotatable bonds is 8. The standard InChI is InChI=1S/C26H29ClN6O3S/c27-19-6-1-17(2-7-19)5-10-23-30-33(26(37-23)25(28)36)21-13-24(35)32(15-21)20-8-3-18(4-9-20)14-31-12-11-29-22(34)16-31/h1-4,6-9,21,26H,5,10-16H2,(H2,28,36)(H,29,34)/t21-,26?/m1/s1. The van der Waals surface area contributed by atoms with Crippen LogP contribution in [0, 0.1) is 0 Å². The van der Waals surface area contributed by atoms with Gasteiger partial charge in [0.1, 0.15) is 0 Å². The number of anilines is 1. The summed E-state index contributed by atoms with van der Waals surface area (Å²) in [5.74, 6) is -0.429. The van der Waals surface area contributed by atoms with Crippen molar-refractivity contribution in [1.82, 2.24) is 15.2 Å². The molecule has 0 spiro atoms. The topological polar surface area (TPSA) is 111 Å². The molecule has 2 atom stereocenters. The number of aryl methyl sites for hydroxylation is 1. The molecule has 2 aromatic rings. The van der Waals surface area contributed by atoms with Gasteiger partial charge in [-0.2, -0.15) is 5.10 Å². The number of carbonyl (C=O) groups is 3. The molecule has 11 heteroatoms. The Balaban J connectivity index is 1.22. The fourth-order valence-corrected chi connectivity index (χ4v) is 6.03. The van der Waals surface area contributed by atoms with Crippen LogP contribution < -0.4 is 16.0 Å². The second-order valence-electron chi connectivity index (χ2n) is 9.46. The number of piperazine rings is 1. The zero-order valence-corrected chi connectivity index (χ0v) is 21.9. The van der Waals surface area contributed by atoms with Gasteiger partial charge >= 0.3 is 0 Å². The number of benzene rings is 2. The van der Waals surface area contributed by atoms with Gasteiger partial charge in [-0.1, -0.05) is 47.6 Å². The summed E-state index contributed by atoms with van der Waals surface area (Å²) in [6, 6.07) is 15.3. The van der Waals surface area contributed by atoms with Gasteiger partial charge in [-0.25, -0.2) is 0 Å². The van der Waals surface area contributed by atoms with Gasteiger partial charge in [0.15, 0.2) is 5.37 Å². The Hall–Kier alpha value is -3.08. The maximum atomic E-state index is 12.9. The molecule has 3 aliphatic rings. The molecule has 0 aromatic heterocycles. The lowest BCUT2D eigenvalue weighted by atomic mass is 10.1. The minimum atomic E-state index is -0.623. The molecule has 3 N–H and O–H groups in total. The molecule has 2 fully saturated rings. The summed E-state index contributed by atoms with van der Waals surface area (Å²) in [6.45, 7) is 2.99. The minimum Gasteiger partial charge on any atom is -0.367 e. The van der Waals surface area contributed by atoms with Gasteiger partial charge in [-0.15, -0.1) is 0 Å². The number of primary amides is 1. The van der Waals surface area contributed by atoms with Crippen LogP contribution in [0.2, 0.25) is 5.02 Å². The van der Waals surface area contributed by atoms with Crippen LogP contribution >= 0.6 is 23.4 Å². The van der Waals surface area contributed by atoms with Crippen molar-refractivity contribution >= 4 is 51.8 Å². The number of hydrazone groups is 1. The zero-order chi connectivity index (χ0) is 25.9. The molecule has 1 unspecified atom stereocenters. The van der Waals surface area contributed by atoms with E-state index in [1.807, 2.05) is 48.5 Å². The van der Waals surface area contributed by atoms with Gasteiger partial charge in [-0.3, -0.25) is 24.3 Å². The molecule has 3 amide bonds. The quantitative estimate of drug-likeness (QED) is 0.531. The maximum Gasteiger partial charge on any atom is 0.252 e. The average molecular weight is 541 g/mol. The summed E-state index contributed by atoms with van der Waals surface area (Å²) in [7, 11) is 0. The first-order chi connectivity index (χ1) is 17.9. The van der Waals surface area contributed by atoms with Gasteiger partial charge < -0.3 is 16.0 Å². The number of nitrogens with one attached hydrogen (secondary N) is 1. The number of amides is 3. The van der Waals surface area contributed by atoms with E-state index >= 15 is 0 Å². The van der Waals surface area contributed by atoms with Crippen molar-refractivity contribution in [3.05, 3.63) is 64.7 Å². The van der Waals surface area contributed by atoms with E-state index in [-0.39, 0.29) is 24.3 Å². The lowest BCUT2D eigenvalue weighted by molar-refractivity contribution is -0.124. The lowest BCUT2D eigenvalue weighted by Gasteiger charge is -2.27. The molecule has 2 saturated heterocycles. The second-order valence-corrected chi connectivity index (χ2v) is 11.1. The molecular formula is C26H29ClN6O3S. The van der Waals surface area contributed by atoms with Crippen molar-refractivity contribution in [2.45, 2.75) is 37.2 Å². The Morgan fingerprint density at radius 2 is 1.81 bits per heavy atom. The van der Waals surface area contributed by atoms with E-state index in [0.717, 1.165) is 34.8 Å². The van der Waals surface area contributed by atoms with E-state index in [4.69, 9.17) is 22.4 Å². The fraction of sp³-hybridized carbons (Fsp3) is 0.385. The number of thioether (sulfide) groups is 1. The predicted molar refractivity (Wildman–Crippen MR) is 145 cm³/mol. The first-order valence-electron chi connectivity index (χ1n) is 12.3. The normalized spacial score (nSPS) is 22.4. The molecule has 3 heterocycles. The summed E-state index contributed by atoms with van der Waals surface area (Å²) in [4.78, 5) is 40.6. The highest BCUT2D eigenvalue weighted by Gasteiger charge is 2.42. The van der Waals surface area contributed by atoms with E-state index < -0.39 is 11.3 Å². The molecule has 0 radical (unpaired) electrons. The molecule has 3 aliphatic heterocycles. The fourth-order valence-electron chi connectivity index (χ4n) is 4.84. The summed E-state index contributed by atoms with van der Waals surface area (Å²) < 4.78 is 0. The van der Waals surface area contributed by atoms with E-state index in [1.54, 1.807) is 9.91 Å². The smallest absolute Gasteiger partial charge is 0.252 e. The number of nitrogens with zero attached hydrogens (tertiary/aromatic N) is 4. The monoisotopic (exact) mass is 540 g/mol. The number of hydrogen-bond acceptors (Lipinski definition) is 7. The molecule has 0 aliphatic carbocycles. The molecule has 37 heavy (non-hydrogen) atoms. The second kappa shape index (κ2) is 11.1. The summed E-state index contributed by atoms with van der Waals surface area (Å²) in [5.41, 5.74) is 8.73. The Morgan fingerprint density at radius 1 is 1.08 bits per heavy atom. The van der Waals surface area contributed by atoms with Crippen molar-refractivity contribution in [1.29, 1.82) is 0 Å². The van der Waals surface area contributed by atoms with Crippen molar-refractivity contribution in [3.63, 3.8) is 0 Å². The Labute approximate surface area is 225 Å². The third-order valence-corrected chi connectivity index (χ3v) is 8.23. The molecule has 9 nitrogen and oxygen atoms in total. The van der Waals surface area contributed by atoms with Crippen LogP contribution in [0.1, 0.15) is 24.0 Å². The van der Waals surface area contributed by atoms with E-state index in [0.29, 0.717) is 37.6 Å². The van der Waals surface area contributed by atoms with Crippen molar-refractivity contribution < 1.29 is 14.4 Å². The molecule has 0 saturated carbocycles. The minimum absolute atomic E-state index is 0.0107. The Kier molecular flexibility index (Phi) is 7.68. The van der Waals surface area contributed by atoms with Crippen LogP contribution in [-0.2, 0) is 27.3 Å². The van der Waals surface area contributed by atoms with E-state index in [9.17, 15) is 14.4 Å². The van der Waals surface area contributed by atoms with E-state index in [2.05, 4.69) is 10.2 Å². The Bertz CT molecular complexity index is 1210. The van der Waals surface area contributed by atoms with Crippen LogP contribution in [0.5, 0.6) is 0 Å². The Morgan fingerprint density at radius 3 is 2.51 bits per heavy atom. The number of hydrogen-bond donors (Lipinski definition) is 2. The molecule has 2 aromatic carbocycles. The van der Waals surface area contributed by atoms with Crippen molar-refractivity contribution in [2.24, 2.45) is 10.8 Å². The summed E-state index contributed by atoms with van der Waals surface area (Å²) in [6.07, 6.45) is 1.71. The summed E-state index contributed by atoms with van der Waals surface area (Å²) in [5, 5.41) is 10.2. The van der Waals surface area contributed by atoms with Crippen LogP contribution in [0.3, 0.4) is 0 Å². The van der Waals surface area contributed by atoms with Crippen molar-refractivity contribution in [2.75, 3.05) is 31.1 Å². The highest BCUT2D eigenvalue weighted by atomic mass is 35.5. The maximum absolute atomic E-state index is 12.9. The average Bonchev–Trinajstić information content (AvgIpc) is 3.48. The van der Waals surface area contributed by atoms with Crippen molar-refractivity contribution in [3.8, 4) is 0 Å². The number of carbonyl (C=O) groups excluding carboxylic acids is 3. The van der Waals surface area contributed by atoms with Gasteiger partial charge in [-0.05, 0) is 41.8 Å². The highest BCUT2D eigenvalue weighted by Crippen LogP contribution is 2.34. The van der Waals surface area contributed by atoms with E-state index in [1.165, 1.54) is 11.8 Å². The lowest BCUT2D eigenvalue weighted by Crippen LogP contribution is -2.47. The first-order valence-corrected chi connectivity index (χ1v) is 13.6. The molecule has 194 valence electrons. The van der Waals surface area contributed by atoms with Crippen LogP contribution in [0.15, 0.2) is 53.6 Å². The van der Waals surface area contributed by atoms with Gasteiger partial charge in [0.2, 0.25) is 11.8 Å². The van der Waals surface area contributed by atoms with Gasteiger partial charge in [0.05, 0.1) is 24.1 Å².